The molecule has 18 heavy (non-hydrogen) atoms. The molecule has 2 nitrogen and oxygen atoms in total. The van der Waals surface area contributed by atoms with Crippen LogP contribution in [0.3, 0.4) is 0 Å². The molecule has 0 bridgehead atoms. The van der Waals surface area contributed by atoms with Crippen molar-refractivity contribution in [2.45, 2.75) is 40.2 Å². The maximum atomic E-state index is 4.60. The van der Waals surface area contributed by atoms with Gasteiger partial charge in [0.2, 0.25) is 0 Å². The van der Waals surface area contributed by atoms with Crippen LogP contribution in [0.1, 0.15) is 41.0 Å². The summed E-state index contributed by atoms with van der Waals surface area (Å²) >= 11 is 1.76. The fourth-order valence-corrected chi connectivity index (χ4v) is 3.02. The summed E-state index contributed by atoms with van der Waals surface area (Å²) in [6.07, 6.45) is 1.08. The lowest BCUT2D eigenvalue weighted by atomic mass is 10.1. The number of thiazole rings is 1. The van der Waals surface area contributed by atoms with E-state index in [0.717, 1.165) is 22.8 Å². The summed E-state index contributed by atoms with van der Waals surface area (Å²) < 4.78 is 0. The monoisotopic (exact) mass is 260 g/mol. The van der Waals surface area contributed by atoms with E-state index in [2.05, 4.69) is 62.3 Å². The van der Waals surface area contributed by atoms with Crippen molar-refractivity contribution in [3.8, 4) is 0 Å². The summed E-state index contributed by atoms with van der Waals surface area (Å²) in [4.78, 5) is 5.90. The van der Waals surface area contributed by atoms with Gasteiger partial charge < -0.3 is 5.32 Å². The van der Waals surface area contributed by atoms with Crippen molar-refractivity contribution in [2.24, 2.45) is 0 Å². The fourth-order valence-electron chi connectivity index (χ4n) is 2.10. The molecule has 0 saturated heterocycles. The highest BCUT2D eigenvalue weighted by Gasteiger charge is 2.12. The fraction of sp³-hybridized carbons (Fsp3) is 0.400. The van der Waals surface area contributed by atoms with Crippen LogP contribution in [-0.2, 0) is 6.42 Å². The standard InChI is InChI=1S/C15H20N2S/c1-5-13-6-8-14(9-7-13)16-10(2)15-11(3)18-12(4)17-15/h6-10,16H,5H2,1-4H3. The average Bonchev–Trinajstić information content (AvgIpc) is 2.69. The lowest BCUT2D eigenvalue weighted by Crippen LogP contribution is -2.08. The van der Waals surface area contributed by atoms with Crippen LogP contribution in [0.25, 0.3) is 0 Å². The zero-order valence-electron chi connectivity index (χ0n) is 11.4. The molecule has 1 unspecified atom stereocenters. The van der Waals surface area contributed by atoms with Crippen LogP contribution >= 0.6 is 11.3 Å². The highest BCUT2D eigenvalue weighted by Crippen LogP contribution is 2.25. The van der Waals surface area contributed by atoms with Crippen molar-refractivity contribution < 1.29 is 0 Å². The van der Waals surface area contributed by atoms with Crippen LogP contribution in [0.4, 0.5) is 5.69 Å². The van der Waals surface area contributed by atoms with Crippen LogP contribution in [0.2, 0.25) is 0 Å². The maximum Gasteiger partial charge on any atom is 0.0901 e. The molecule has 96 valence electrons. The van der Waals surface area contributed by atoms with E-state index in [1.165, 1.54) is 10.4 Å². The first-order valence-corrected chi connectivity index (χ1v) is 7.21. The molecule has 0 spiro atoms. The minimum Gasteiger partial charge on any atom is -0.377 e. The Hall–Kier alpha value is -1.35. The highest BCUT2D eigenvalue weighted by atomic mass is 32.1. The largest absolute Gasteiger partial charge is 0.377 e. The number of nitrogens with zero attached hydrogens (tertiary/aromatic N) is 1. The Balaban J connectivity index is 2.10. The summed E-state index contributed by atoms with van der Waals surface area (Å²) in [6.45, 7) is 8.53. The molecule has 0 fully saturated rings. The zero-order valence-corrected chi connectivity index (χ0v) is 12.3. The maximum absolute atomic E-state index is 4.60. The summed E-state index contributed by atoms with van der Waals surface area (Å²) in [5, 5.41) is 4.64. The van der Waals surface area contributed by atoms with Gasteiger partial charge in [-0.2, -0.15) is 0 Å². The molecule has 2 aromatic rings. The quantitative estimate of drug-likeness (QED) is 0.875. The molecule has 1 aromatic carbocycles. The predicted octanol–water partition coefficient (Wildman–Crippen LogP) is 4.50. The normalized spacial score (nSPS) is 12.4. The topological polar surface area (TPSA) is 24.9 Å². The Morgan fingerprint density at radius 2 is 1.89 bits per heavy atom. The third-order valence-electron chi connectivity index (χ3n) is 3.09. The van der Waals surface area contributed by atoms with Gasteiger partial charge in [-0.05, 0) is 44.9 Å². The summed E-state index contributed by atoms with van der Waals surface area (Å²) in [7, 11) is 0. The van der Waals surface area contributed by atoms with E-state index in [-0.39, 0.29) is 6.04 Å². The van der Waals surface area contributed by atoms with E-state index >= 15 is 0 Å². The molecule has 0 aliphatic heterocycles. The second-order valence-corrected chi connectivity index (χ2v) is 6.00. The van der Waals surface area contributed by atoms with Crippen molar-refractivity contribution in [2.75, 3.05) is 5.32 Å². The van der Waals surface area contributed by atoms with E-state index in [1.54, 1.807) is 11.3 Å². The van der Waals surface area contributed by atoms with Gasteiger partial charge in [-0.1, -0.05) is 19.1 Å². The number of aromatic nitrogens is 1. The van der Waals surface area contributed by atoms with Crippen molar-refractivity contribution >= 4 is 17.0 Å². The Bertz CT molecular complexity index is 514. The second kappa shape index (κ2) is 5.53. The number of hydrogen-bond donors (Lipinski definition) is 1. The molecule has 1 N–H and O–H groups in total. The first kappa shape index (κ1) is 13.1. The smallest absolute Gasteiger partial charge is 0.0901 e. The van der Waals surface area contributed by atoms with Crippen LogP contribution in [0, 0.1) is 13.8 Å². The van der Waals surface area contributed by atoms with E-state index in [9.17, 15) is 0 Å². The van der Waals surface area contributed by atoms with Gasteiger partial charge in [0.05, 0.1) is 16.7 Å². The lowest BCUT2D eigenvalue weighted by molar-refractivity contribution is 0.837. The Morgan fingerprint density at radius 3 is 2.39 bits per heavy atom. The Kier molecular flexibility index (Phi) is 4.02. The molecule has 1 aromatic heterocycles. The molecule has 1 heterocycles. The summed E-state index contributed by atoms with van der Waals surface area (Å²) in [5.74, 6) is 0. The van der Waals surface area contributed by atoms with E-state index in [0.29, 0.717) is 0 Å². The van der Waals surface area contributed by atoms with Gasteiger partial charge in [-0.3, -0.25) is 0 Å². The Morgan fingerprint density at radius 1 is 1.22 bits per heavy atom. The minimum absolute atomic E-state index is 0.252. The first-order chi connectivity index (χ1) is 8.60. The van der Waals surface area contributed by atoms with Gasteiger partial charge in [-0.25, -0.2) is 4.98 Å². The van der Waals surface area contributed by atoms with Gasteiger partial charge in [0.15, 0.2) is 0 Å². The third kappa shape index (κ3) is 2.91. The van der Waals surface area contributed by atoms with E-state index < -0.39 is 0 Å². The van der Waals surface area contributed by atoms with Gasteiger partial charge >= 0.3 is 0 Å². The molecular weight excluding hydrogens is 240 g/mol. The Labute approximate surface area is 113 Å². The summed E-state index contributed by atoms with van der Waals surface area (Å²) in [6, 6.07) is 8.89. The minimum atomic E-state index is 0.252. The first-order valence-electron chi connectivity index (χ1n) is 6.39. The highest BCUT2D eigenvalue weighted by molar-refractivity contribution is 7.11. The molecule has 0 aliphatic carbocycles. The van der Waals surface area contributed by atoms with Crippen LogP contribution < -0.4 is 5.32 Å². The molecule has 0 amide bonds. The van der Waals surface area contributed by atoms with Gasteiger partial charge in [0.1, 0.15) is 0 Å². The summed E-state index contributed by atoms with van der Waals surface area (Å²) in [5.41, 5.74) is 3.69. The number of aryl methyl sites for hydroxylation is 3. The molecule has 0 radical (unpaired) electrons. The lowest BCUT2D eigenvalue weighted by Gasteiger charge is -2.14. The van der Waals surface area contributed by atoms with Crippen molar-refractivity contribution in [3.63, 3.8) is 0 Å². The molecular formula is C15H20N2S. The molecule has 1 atom stereocenters. The van der Waals surface area contributed by atoms with E-state index in [4.69, 9.17) is 0 Å². The molecule has 2 rings (SSSR count). The number of nitrogens with one attached hydrogen (secondary N) is 1. The number of anilines is 1. The number of rotatable bonds is 4. The van der Waals surface area contributed by atoms with Crippen LogP contribution in [0.15, 0.2) is 24.3 Å². The zero-order chi connectivity index (χ0) is 13.1. The van der Waals surface area contributed by atoms with Gasteiger partial charge in [-0.15, -0.1) is 11.3 Å². The van der Waals surface area contributed by atoms with Crippen LogP contribution in [0.5, 0.6) is 0 Å². The van der Waals surface area contributed by atoms with Crippen molar-refractivity contribution in [3.05, 3.63) is 45.4 Å². The molecule has 0 saturated carbocycles. The van der Waals surface area contributed by atoms with Crippen molar-refractivity contribution in [1.82, 2.24) is 4.98 Å². The predicted molar refractivity (Wildman–Crippen MR) is 79.4 cm³/mol. The number of benzene rings is 1. The van der Waals surface area contributed by atoms with E-state index in [1.807, 2.05) is 0 Å². The molecule has 3 heteroatoms. The SMILES string of the molecule is CCc1ccc(NC(C)c2nc(C)sc2C)cc1. The van der Waals surface area contributed by atoms with Crippen LogP contribution in [-0.4, -0.2) is 4.98 Å². The third-order valence-corrected chi connectivity index (χ3v) is 4.00. The molecule has 0 aliphatic rings. The number of hydrogen-bond acceptors (Lipinski definition) is 3. The van der Waals surface area contributed by atoms with Crippen molar-refractivity contribution in [1.29, 1.82) is 0 Å². The van der Waals surface area contributed by atoms with Gasteiger partial charge in [0.25, 0.3) is 0 Å². The van der Waals surface area contributed by atoms with Gasteiger partial charge in [0, 0.05) is 10.6 Å². The second-order valence-electron chi connectivity index (χ2n) is 4.59. The average molecular weight is 260 g/mol.